The van der Waals surface area contributed by atoms with Gasteiger partial charge in [0.2, 0.25) is 5.91 Å². The van der Waals surface area contributed by atoms with Gasteiger partial charge >= 0.3 is 0 Å². The summed E-state index contributed by atoms with van der Waals surface area (Å²) in [6.07, 6.45) is 5.17. The third-order valence-electron chi connectivity index (χ3n) is 4.62. The monoisotopic (exact) mass is 243 g/mol. The van der Waals surface area contributed by atoms with Gasteiger partial charge in [0, 0.05) is 5.92 Å². The Morgan fingerprint density at radius 2 is 1.78 bits per heavy atom. The second-order valence-electron chi connectivity index (χ2n) is 5.78. The van der Waals surface area contributed by atoms with Crippen molar-refractivity contribution < 1.29 is 4.79 Å². The van der Waals surface area contributed by atoms with Crippen molar-refractivity contribution in [3.63, 3.8) is 0 Å². The molecule has 1 N–H and O–H groups in total. The molecule has 1 aromatic rings. The van der Waals surface area contributed by atoms with E-state index in [9.17, 15) is 4.79 Å². The first-order valence-electron chi connectivity index (χ1n) is 7.12. The zero-order chi connectivity index (χ0) is 12.5. The fourth-order valence-electron chi connectivity index (χ4n) is 3.52. The van der Waals surface area contributed by atoms with Crippen molar-refractivity contribution in [2.75, 3.05) is 0 Å². The van der Waals surface area contributed by atoms with Gasteiger partial charge in [-0.2, -0.15) is 0 Å². The molecule has 2 saturated carbocycles. The molecule has 0 bridgehead atoms. The Morgan fingerprint density at radius 1 is 1.17 bits per heavy atom. The standard InChI is InChI=1S/C16H21NO/c1-11(12-7-3-2-4-8-12)17-16(18)15-13-9-5-6-10-14(13)15/h2-4,7-8,11,13-15H,5-6,9-10H2,1H3,(H,17,18)/t11-,13+,14+/m0/s1. The largest absolute Gasteiger partial charge is 0.349 e. The van der Waals surface area contributed by atoms with Crippen molar-refractivity contribution in [2.24, 2.45) is 17.8 Å². The van der Waals surface area contributed by atoms with Crippen molar-refractivity contribution >= 4 is 5.91 Å². The lowest BCUT2D eigenvalue weighted by Gasteiger charge is -2.14. The number of carbonyl (C=O) groups excluding carboxylic acids is 1. The molecule has 0 unspecified atom stereocenters. The molecule has 2 aliphatic rings. The van der Waals surface area contributed by atoms with Crippen LogP contribution >= 0.6 is 0 Å². The molecule has 2 fully saturated rings. The maximum Gasteiger partial charge on any atom is 0.224 e. The highest BCUT2D eigenvalue weighted by molar-refractivity contribution is 5.82. The van der Waals surface area contributed by atoms with Gasteiger partial charge in [0.15, 0.2) is 0 Å². The van der Waals surface area contributed by atoms with E-state index in [1.54, 1.807) is 0 Å². The van der Waals surface area contributed by atoms with E-state index >= 15 is 0 Å². The highest BCUT2D eigenvalue weighted by atomic mass is 16.2. The first-order valence-corrected chi connectivity index (χ1v) is 7.12. The van der Waals surface area contributed by atoms with Gasteiger partial charge in [0.1, 0.15) is 0 Å². The molecule has 0 heterocycles. The maximum atomic E-state index is 12.2. The predicted molar refractivity (Wildman–Crippen MR) is 71.9 cm³/mol. The van der Waals surface area contributed by atoms with Crippen LogP contribution in [-0.4, -0.2) is 5.91 Å². The number of fused-ring (bicyclic) bond motifs is 1. The molecule has 2 aliphatic carbocycles. The van der Waals surface area contributed by atoms with Gasteiger partial charge in [-0.1, -0.05) is 43.2 Å². The molecule has 1 aromatic carbocycles. The van der Waals surface area contributed by atoms with Crippen LogP contribution in [-0.2, 0) is 4.79 Å². The molecule has 96 valence electrons. The minimum absolute atomic E-state index is 0.126. The van der Waals surface area contributed by atoms with Crippen LogP contribution in [0.3, 0.4) is 0 Å². The molecular formula is C16H21NO. The van der Waals surface area contributed by atoms with E-state index in [1.807, 2.05) is 18.2 Å². The highest BCUT2D eigenvalue weighted by Crippen LogP contribution is 2.55. The summed E-state index contributed by atoms with van der Waals surface area (Å²) in [7, 11) is 0. The fraction of sp³-hybridized carbons (Fsp3) is 0.562. The van der Waals surface area contributed by atoms with Crippen LogP contribution in [0.25, 0.3) is 0 Å². The number of hydrogen-bond acceptors (Lipinski definition) is 1. The lowest BCUT2D eigenvalue weighted by Crippen LogP contribution is -2.28. The van der Waals surface area contributed by atoms with Crippen molar-refractivity contribution in [3.8, 4) is 0 Å². The lowest BCUT2D eigenvalue weighted by atomic mass is 10.0. The number of amides is 1. The Hall–Kier alpha value is -1.31. The number of rotatable bonds is 3. The summed E-state index contributed by atoms with van der Waals surface area (Å²) < 4.78 is 0. The van der Waals surface area contributed by atoms with E-state index < -0.39 is 0 Å². The third kappa shape index (κ3) is 2.16. The van der Waals surface area contributed by atoms with Gasteiger partial charge in [0.05, 0.1) is 6.04 Å². The quantitative estimate of drug-likeness (QED) is 0.867. The Balaban J connectivity index is 1.59. The third-order valence-corrected chi connectivity index (χ3v) is 4.62. The lowest BCUT2D eigenvalue weighted by molar-refractivity contribution is -0.123. The van der Waals surface area contributed by atoms with Crippen LogP contribution in [0.5, 0.6) is 0 Å². The van der Waals surface area contributed by atoms with E-state index in [2.05, 4.69) is 24.4 Å². The minimum atomic E-state index is 0.126. The van der Waals surface area contributed by atoms with Crippen molar-refractivity contribution in [3.05, 3.63) is 35.9 Å². The average molecular weight is 243 g/mol. The molecular weight excluding hydrogens is 222 g/mol. The summed E-state index contributed by atoms with van der Waals surface area (Å²) in [5, 5.41) is 3.18. The Morgan fingerprint density at radius 3 is 2.39 bits per heavy atom. The van der Waals surface area contributed by atoms with Gasteiger partial charge in [-0.15, -0.1) is 0 Å². The van der Waals surface area contributed by atoms with Crippen molar-refractivity contribution in [1.82, 2.24) is 5.32 Å². The summed E-state index contributed by atoms with van der Waals surface area (Å²) >= 11 is 0. The Labute approximate surface area is 109 Å². The maximum absolute atomic E-state index is 12.2. The summed E-state index contributed by atoms with van der Waals surface area (Å²) in [4.78, 5) is 12.2. The van der Waals surface area contributed by atoms with Crippen LogP contribution in [0.15, 0.2) is 30.3 Å². The summed E-state index contributed by atoms with van der Waals surface area (Å²) in [6, 6.07) is 10.3. The first-order chi connectivity index (χ1) is 8.77. The number of benzene rings is 1. The SMILES string of the molecule is C[C@H](NC(=O)C1[C@@H]2CCCC[C@@H]12)c1ccccc1. The molecule has 2 heteroatoms. The molecule has 3 atom stereocenters. The van der Waals surface area contributed by atoms with E-state index in [1.165, 1.54) is 31.2 Å². The topological polar surface area (TPSA) is 29.1 Å². The van der Waals surface area contributed by atoms with Gasteiger partial charge in [-0.25, -0.2) is 0 Å². The Bertz CT molecular complexity index is 416. The zero-order valence-electron chi connectivity index (χ0n) is 10.9. The molecule has 0 spiro atoms. The van der Waals surface area contributed by atoms with E-state index in [-0.39, 0.29) is 11.9 Å². The van der Waals surface area contributed by atoms with Crippen LogP contribution in [0, 0.1) is 17.8 Å². The Kier molecular flexibility index (Phi) is 3.11. The number of nitrogens with one attached hydrogen (secondary N) is 1. The summed E-state index contributed by atoms with van der Waals surface area (Å²) in [6.45, 7) is 2.07. The molecule has 0 saturated heterocycles. The van der Waals surface area contributed by atoms with Gasteiger partial charge in [0.25, 0.3) is 0 Å². The molecule has 18 heavy (non-hydrogen) atoms. The van der Waals surface area contributed by atoms with E-state index in [4.69, 9.17) is 0 Å². The van der Waals surface area contributed by atoms with Crippen molar-refractivity contribution in [2.45, 2.75) is 38.6 Å². The van der Waals surface area contributed by atoms with Gasteiger partial charge in [-0.3, -0.25) is 4.79 Å². The number of carbonyl (C=O) groups is 1. The summed E-state index contributed by atoms with van der Waals surface area (Å²) in [5.74, 6) is 1.99. The smallest absolute Gasteiger partial charge is 0.224 e. The molecule has 0 radical (unpaired) electrons. The normalized spacial score (nSPS) is 31.3. The minimum Gasteiger partial charge on any atom is -0.349 e. The molecule has 3 rings (SSSR count). The number of hydrogen-bond donors (Lipinski definition) is 1. The fourth-order valence-corrected chi connectivity index (χ4v) is 3.52. The molecule has 0 aromatic heterocycles. The second kappa shape index (κ2) is 4.75. The summed E-state index contributed by atoms with van der Waals surface area (Å²) in [5.41, 5.74) is 1.19. The van der Waals surface area contributed by atoms with Gasteiger partial charge in [-0.05, 0) is 37.2 Å². The highest BCUT2D eigenvalue weighted by Gasteiger charge is 2.54. The molecule has 1 amide bonds. The molecule has 2 nitrogen and oxygen atoms in total. The van der Waals surface area contributed by atoms with Crippen LogP contribution < -0.4 is 5.32 Å². The van der Waals surface area contributed by atoms with Gasteiger partial charge < -0.3 is 5.32 Å². The molecule has 0 aliphatic heterocycles. The first kappa shape index (κ1) is 11.8. The van der Waals surface area contributed by atoms with Crippen LogP contribution in [0.1, 0.15) is 44.2 Å². The van der Waals surface area contributed by atoms with Crippen LogP contribution in [0.4, 0.5) is 0 Å². The zero-order valence-corrected chi connectivity index (χ0v) is 10.9. The second-order valence-corrected chi connectivity index (χ2v) is 5.78. The van der Waals surface area contributed by atoms with Crippen LogP contribution in [0.2, 0.25) is 0 Å². The average Bonchev–Trinajstić information content (AvgIpc) is 3.14. The predicted octanol–water partition coefficient (Wildman–Crippen LogP) is 3.30. The van der Waals surface area contributed by atoms with E-state index in [0.717, 1.165) is 0 Å². The van der Waals surface area contributed by atoms with Crippen molar-refractivity contribution in [1.29, 1.82) is 0 Å². The van der Waals surface area contributed by atoms with E-state index in [0.29, 0.717) is 17.8 Å².